The Morgan fingerprint density at radius 2 is 2.27 bits per heavy atom. The van der Waals surface area contributed by atoms with Gasteiger partial charge in [0.25, 0.3) is 0 Å². The summed E-state index contributed by atoms with van der Waals surface area (Å²) in [6, 6.07) is 7.79. The monoisotopic (exact) mass is 296 g/mol. The Kier molecular flexibility index (Phi) is 4.44. The first-order valence-electron chi connectivity index (χ1n) is 7.67. The van der Waals surface area contributed by atoms with Gasteiger partial charge in [-0.1, -0.05) is 12.1 Å². The molecule has 5 heteroatoms. The predicted octanol–water partition coefficient (Wildman–Crippen LogP) is 1.93. The summed E-state index contributed by atoms with van der Waals surface area (Å²) in [4.78, 5) is 20.2. The van der Waals surface area contributed by atoms with E-state index in [0.29, 0.717) is 11.6 Å². The smallest absolute Gasteiger partial charge is 0.248 e. The molecule has 1 aromatic heterocycles. The third-order valence-electron chi connectivity index (χ3n) is 4.04. The first kappa shape index (κ1) is 14.7. The molecule has 2 heterocycles. The van der Waals surface area contributed by atoms with Gasteiger partial charge in [-0.15, -0.1) is 0 Å². The van der Waals surface area contributed by atoms with E-state index in [4.69, 9.17) is 5.73 Å². The van der Waals surface area contributed by atoms with Crippen LogP contribution in [0.25, 0.3) is 11.3 Å². The maximum Gasteiger partial charge on any atom is 0.248 e. The molecule has 1 amide bonds. The SMILES string of the molecule is NC(=O)c1cccc(-c2cncc(CCC3CCCN3)n2)c1. The number of hydrogen-bond donors (Lipinski definition) is 2. The van der Waals surface area contributed by atoms with Crippen molar-refractivity contribution in [2.45, 2.75) is 31.7 Å². The summed E-state index contributed by atoms with van der Waals surface area (Å²) in [5, 5.41) is 3.49. The van der Waals surface area contributed by atoms with Crippen LogP contribution in [0.2, 0.25) is 0 Å². The predicted molar refractivity (Wildman–Crippen MR) is 85.3 cm³/mol. The lowest BCUT2D eigenvalue weighted by Crippen LogP contribution is -2.21. The van der Waals surface area contributed by atoms with Crippen LogP contribution in [0.4, 0.5) is 0 Å². The summed E-state index contributed by atoms with van der Waals surface area (Å²) in [6.07, 6.45) is 8.03. The number of rotatable bonds is 5. The summed E-state index contributed by atoms with van der Waals surface area (Å²) in [7, 11) is 0. The van der Waals surface area contributed by atoms with E-state index in [1.54, 1.807) is 18.3 Å². The summed E-state index contributed by atoms with van der Waals surface area (Å²) in [5.74, 6) is -0.432. The Balaban J connectivity index is 1.75. The van der Waals surface area contributed by atoms with Gasteiger partial charge in [-0.05, 0) is 44.4 Å². The second-order valence-corrected chi connectivity index (χ2v) is 5.67. The van der Waals surface area contributed by atoms with E-state index in [1.165, 1.54) is 12.8 Å². The van der Waals surface area contributed by atoms with Crippen molar-refractivity contribution in [1.29, 1.82) is 0 Å². The van der Waals surface area contributed by atoms with Crippen LogP contribution in [-0.4, -0.2) is 28.5 Å². The van der Waals surface area contributed by atoms with Gasteiger partial charge in [0.2, 0.25) is 5.91 Å². The van der Waals surface area contributed by atoms with Crippen molar-refractivity contribution in [2.24, 2.45) is 5.73 Å². The quantitative estimate of drug-likeness (QED) is 0.883. The highest BCUT2D eigenvalue weighted by Crippen LogP contribution is 2.19. The number of amides is 1. The third kappa shape index (κ3) is 3.49. The molecule has 0 spiro atoms. The molecule has 5 nitrogen and oxygen atoms in total. The van der Waals surface area contributed by atoms with E-state index < -0.39 is 5.91 Å². The van der Waals surface area contributed by atoms with Crippen LogP contribution < -0.4 is 11.1 Å². The molecule has 1 saturated heterocycles. The zero-order valence-electron chi connectivity index (χ0n) is 12.5. The lowest BCUT2D eigenvalue weighted by Gasteiger charge is -2.10. The van der Waals surface area contributed by atoms with Gasteiger partial charge in [-0.2, -0.15) is 0 Å². The highest BCUT2D eigenvalue weighted by atomic mass is 16.1. The Morgan fingerprint density at radius 3 is 3.05 bits per heavy atom. The maximum absolute atomic E-state index is 11.3. The maximum atomic E-state index is 11.3. The number of aryl methyl sites for hydroxylation is 1. The largest absolute Gasteiger partial charge is 0.366 e. The summed E-state index contributed by atoms with van der Waals surface area (Å²) in [5.41, 5.74) is 8.44. The Bertz CT molecular complexity index is 665. The van der Waals surface area contributed by atoms with Gasteiger partial charge in [0, 0.05) is 23.4 Å². The van der Waals surface area contributed by atoms with Crippen molar-refractivity contribution in [1.82, 2.24) is 15.3 Å². The minimum Gasteiger partial charge on any atom is -0.366 e. The van der Waals surface area contributed by atoms with E-state index in [2.05, 4.69) is 15.3 Å². The molecule has 2 aromatic rings. The molecule has 3 rings (SSSR count). The average molecular weight is 296 g/mol. The molecule has 0 aliphatic carbocycles. The molecular formula is C17H20N4O. The van der Waals surface area contributed by atoms with Gasteiger partial charge >= 0.3 is 0 Å². The molecule has 1 fully saturated rings. The van der Waals surface area contributed by atoms with Crippen LogP contribution in [0.3, 0.4) is 0 Å². The van der Waals surface area contributed by atoms with Gasteiger partial charge in [0.05, 0.1) is 17.6 Å². The zero-order valence-corrected chi connectivity index (χ0v) is 12.5. The number of carbonyl (C=O) groups is 1. The van der Waals surface area contributed by atoms with Gasteiger partial charge in [-0.25, -0.2) is 4.98 Å². The van der Waals surface area contributed by atoms with Crippen molar-refractivity contribution in [2.75, 3.05) is 6.54 Å². The van der Waals surface area contributed by atoms with E-state index in [9.17, 15) is 4.79 Å². The highest BCUT2D eigenvalue weighted by molar-refractivity contribution is 5.93. The van der Waals surface area contributed by atoms with E-state index in [1.807, 2.05) is 18.3 Å². The molecular weight excluding hydrogens is 276 g/mol. The fourth-order valence-corrected chi connectivity index (χ4v) is 2.82. The Morgan fingerprint density at radius 1 is 1.36 bits per heavy atom. The number of primary amides is 1. The molecule has 1 aromatic carbocycles. The van der Waals surface area contributed by atoms with Crippen molar-refractivity contribution >= 4 is 5.91 Å². The number of benzene rings is 1. The van der Waals surface area contributed by atoms with Crippen LogP contribution in [0.15, 0.2) is 36.7 Å². The standard InChI is InChI=1S/C17H20N4O/c18-17(22)13-4-1-3-12(9-13)16-11-19-10-15(21-16)7-6-14-5-2-8-20-14/h1,3-4,9-11,14,20H,2,5-8H2,(H2,18,22). The zero-order chi connectivity index (χ0) is 15.4. The van der Waals surface area contributed by atoms with Crippen molar-refractivity contribution in [3.8, 4) is 11.3 Å². The first-order valence-corrected chi connectivity index (χ1v) is 7.67. The number of carbonyl (C=O) groups excluding carboxylic acids is 1. The number of aromatic nitrogens is 2. The number of hydrogen-bond acceptors (Lipinski definition) is 4. The second kappa shape index (κ2) is 6.66. The summed E-state index contributed by atoms with van der Waals surface area (Å²) < 4.78 is 0. The van der Waals surface area contributed by atoms with Crippen molar-refractivity contribution < 1.29 is 4.79 Å². The van der Waals surface area contributed by atoms with Gasteiger partial charge in [0.1, 0.15) is 0 Å². The molecule has 1 aliphatic heterocycles. The molecule has 1 aliphatic rings. The summed E-state index contributed by atoms with van der Waals surface area (Å²) >= 11 is 0. The van der Waals surface area contributed by atoms with Crippen LogP contribution in [-0.2, 0) is 6.42 Å². The van der Waals surface area contributed by atoms with Gasteiger partial charge in [0.15, 0.2) is 0 Å². The number of nitrogens with two attached hydrogens (primary N) is 1. The van der Waals surface area contributed by atoms with E-state index in [-0.39, 0.29) is 0 Å². The minimum atomic E-state index is -0.432. The lowest BCUT2D eigenvalue weighted by atomic mass is 10.1. The number of nitrogens with zero attached hydrogens (tertiary/aromatic N) is 2. The first-order chi connectivity index (χ1) is 10.7. The fourth-order valence-electron chi connectivity index (χ4n) is 2.82. The molecule has 22 heavy (non-hydrogen) atoms. The Hall–Kier alpha value is -2.27. The van der Waals surface area contributed by atoms with Crippen LogP contribution in [0.5, 0.6) is 0 Å². The van der Waals surface area contributed by atoms with Gasteiger partial charge in [-0.3, -0.25) is 9.78 Å². The molecule has 114 valence electrons. The van der Waals surface area contributed by atoms with E-state index in [0.717, 1.165) is 36.3 Å². The van der Waals surface area contributed by atoms with Crippen LogP contribution in [0.1, 0.15) is 35.3 Å². The molecule has 0 radical (unpaired) electrons. The van der Waals surface area contributed by atoms with Crippen molar-refractivity contribution in [3.05, 3.63) is 47.9 Å². The van der Waals surface area contributed by atoms with Crippen LogP contribution in [0, 0.1) is 0 Å². The topological polar surface area (TPSA) is 80.9 Å². The molecule has 0 saturated carbocycles. The normalized spacial score (nSPS) is 17.5. The Labute approximate surface area is 130 Å². The average Bonchev–Trinajstić information content (AvgIpc) is 3.07. The minimum absolute atomic E-state index is 0.432. The van der Waals surface area contributed by atoms with Crippen LogP contribution >= 0.6 is 0 Å². The third-order valence-corrected chi connectivity index (χ3v) is 4.04. The molecule has 1 unspecified atom stereocenters. The second-order valence-electron chi connectivity index (χ2n) is 5.67. The van der Waals surface area contributed by atoms with Gasteiger partial charge < -0.3 is 11.1 Å². The van der Waals surface area contributed by atoms with Crippen molar-refractivity contribution in [3.63, 3.8) is 0 Å². The molecule has 1 atom stereocenters. The number of nitrogens with one attached hydrogen (secondary N) is 1. The molecule has 3 N–H and O–H groups in total. The molecule has 0 bridgehead atoms. The fraction of sp³-hybridized carbons (Fsp3) is 0.353. The van der Waals surface area contributed by atoms with E-state index >= 15 is 0 Å². The lowest BCUT2D eigenvalue weighted by molar-refractivity contribution is 0.100. The summed E-state index contributed by atoms with van der Waals surface area (Å²) in [6.45, 7) is 1.12. The highest BCUT2D eigenvalue weighted by Gasteiger charge is 2.14.